The van der Waals surface area contributed by atoms with Crippen molar-refractivity contribution in [3.63, 3.8) is 0 Å². The normalized spacial score (nSPS) is 24.9. The van der Waals surface area contributed by atoms with Gasteiger partial charge in [0.05, 0.1) is 12.7 Å². The molecule has 6 rings (SSSR count). The van der Waals surface area contributed by atoms with E-state index in [2.05, 4.69) is 5.32 Å². The topological polar surface area (TPSA) is 110 Å². The van der Waals surface area contributed by atoms with Gasteiger partial charge in [0.25, 0.3) is 11.8 Å². The number of aryl methyl sites for hydroxylation is 1. The molecule has 3 aromatic rings. The van der Waals surface area contributed by atoms with Crippen LogP contribution < -0.4 is 10.7 Å². The van der Waals surface area contributed by atoms with Crippen LogP contribution in [0.25, 0.3) is 0 Å². The van der Waals surface area contributed by atoms with Crippen LogP contribution in [0.4, 0.5) is 8.78 Å². The zero-order chi connectivity index (χ0) is 29.8. The lowest BCUT2D eigenvalue weighted by atomic mass is 9.99. The fraction of sp³-hybridized carbons (Fsp3) is 0.387. The van der Waals surface area contributed by atoms with E-state index in [1.54, 1.807) is 4.90 Å². The number of nitrogens with zero attached hydrogens (tertiary/aromatic N) is 2. The molecule has 0 aliphatic carbocycles. The first kappa shape index (κ1) is 28.0. The Morgan fingerprint density at radius 3 is 2.60 bits per heavy atom. The van der Waals surface area contributed by atoms with Crippen LogP contribution in [0, 0.1) is 18.6 Å². The van der Waals surface area contributed by atoms with Crippen molar-refractivity contribution in [1.82, 2.24) is 14.8 Å². The van der Waals surface area contributed by atoms with Gasteiger partial charge in [-0.15, -0.1) is 0 Å². The maximum absolute atomic E-state index is 14.4. The summed E-state index contributed by atoms with van der Waals surface area (Å²) in [7, 11) is 0. The summed E-state index contributed by atoms with van der Waals surface area (Å²) in [5, 5.41) is 13.4. The van der Waals surface area contributed by atoms with E-state index in [9.17, 15) is 28.3 Å². The number of pyridine rings is 1. The maximum Gasteiger partial charge on any atom is 0.274 e. The number of rotatable bonds is 5. The van der Waals surface area contributed by atoms with Gasteiger partial charge < -0.3 is 29.4 Å². The molecule has 4 heterocycles. The summed E-state index contributed by atoms with van der Waals surface area (Å²) >= 11 is 0. The maximum atomic E-state index is 14.4. The molecule has 9 nitrogen and oxygen atoms in total. The van der Waals surface area contributed by atoms with Crippen LogP contribution in [-0.2, 0) is 22.4 Å². The number of fused-ring (bicyclic) bond motifs is 5. The van der Waals surface area contributed by atoms with Crippen LogP contribution in [-0.4, -0.2) is 57.5 Å². The number of aromatic nitrogens is 1. The van der Waals surface area contributed by atoms with Crippen LogP contribution in [0.3, 0.4) is 0 Å². The molecule has 2 aromatic carbocycles. The highest BCUT2D eigenvalue weighted by Gasteiger charge is 2.55. The molecule has 2 N–H and O–H groups in total. The first-order chi connectivity index (χ1) is 20.1. The smallest absolute Gasteiger partial charge is 0.274 e. The highest BCUT2D eigenvalue weighted by Crippen LogP contribution is 2.46. The van der Waals surface area contributed by atoms with Crippen molar-refractivity contribution in [2.75, 3.05) is 13.2 Å². The summed E-state index contributed by atoms with van der Waals surface area (Å²) in [6, 6.07) is 11.2. The number of benzene rings is 2. The number of carbonyl (C=O) groups excluding carboxylic acids is 2. The Bertz CT molecular complexity index is 1600. The average Bonchev–Trinajstić information content (AvgIpc) is 3.31. The molecule has 2 saturated heterocycles. The van der Waals surface area contributed by atoms with Gasteiger partial charge in [-0.25, -0.2) is 8.78 Å². The van der Waals surface area contributed by atoms with Gasteiger partial charge in [0.15, 0.2) is 17.2 Å². The van der Waals surface area contributed by atoms with E-state index in [0.717, 1.165) is 17.7 Å². The molecular weight excluding hydrogens is 548 g/mol. The van der Waals surface area contributed by atoms with Gasteiger partial charge in [0.2, 0.25) is 5.43 Å². The van der Waals surface area contributed by atoms with Gasteiger partial charge in [-0.05, 0) is 43.5 Å². The zero-order valence-electron chi connectivity index (χ0n) is 23.2. The molecule has 1 spiro atoms. The van der Waals surface area contributed by atoms with Crippen LogP contribution in [0.2, 0.25) is 0 Å². The highest BCUT2D eigenvalue weighted by atomic mass is 19.1. The van der Waals surface area contributed by atoms with E-state index in [4.69, 9.17) is 9.47 Å². The van der Waals surface area contributed by atoms with Gasteiger partial charge in [-0.2, -0.15) is 0 Å². The fourth-order valence-corrected chi connectivity index (χ4v) is 6.23. The van der Waals surface area contributed by atoms with Gasteiger partial charge in [0, 0.05) is 43.7 Å². The summed E-state index contributed by atoms with van der Waals surface area (Å²) in [6.07, 6.45) is 2.54. The lowest BCUT2D eigenvalue weighted by Crippen LogP contribution is -2.52. The van der Waals surface area contributed by atoms with Crippen molar-refractivity contribution in [3.8, 4) is 5.75 Å². The number of nitrogens with one attached hydrogen (secondary N) is 1. The van der Waals surface area contributed by atoms with Crippen LogP contribution in [0.15, 0.2) is 53.5 Å². The first-order valence-electron chi connectivity index (χ1n) is 14.0. The molecule has 11 heteroatoms. The molecular formula is C31H31F2N3O6. The summed E-state index contributed by atoms with van der Waals surface area (Å²) in [5.74, 6) is -5.22. The second-order valence-corrected chi connectivity index (χ2v) is 11.3. The molecule has 220 valence electrons. The summed E-state index contributed by atoms with van der Waals surface area (Å²) in [6.45, 7) is 3.38. The second kappa shape index (κ2) is 10.6. The van der Waals surface area contributed by atoms with E-state index in [0.29, 0.717) is 31.4 Å². The predicted molar refractivity (Wildman–Crippen MR) is 147 cm³/mol. The SMILES string of the molecule is Cc1cc(F)c(CNC(=O)c2cn3c(c(O)c2=O)C(=O)N2C[C@@H]3[C@@]3(CC[C@@H]2C)OC[C@@H](Cc2ccccc2)O3)c(F)c1. The highest BCUT2D eigenvalue weighted by molar-refractivity contribution is 5.99. The molecule has 0 radical (unpaired) electrons. The van der Waals surface area contributed by atoms with Crippen molar-refractivity contribution >= 4 is 11.8 Å². The summed E-state index contributed by atoms with van der Waals surface area (Å²) < 4.78 is 43.1. The largest absolute Gasteiger partial charge is 0.503 e. The Balaban J connectivity index is 1.35. The summed E-state index contributed by atoms with van der Waals surface area (Å²) in [5.41, 5.74) is -0.699. The molecule has 4 atom stereocenters. The van der Waals surface area contributed by atoms with Crippen molar-refractivity contribution in [2.24, 2.45) is 0 Å². The number of halogens is 2. The minimum atomic E-state index is -1.18. The molecule has 3 aliphatic rings. The number of hydrogen-bond acceptors (Lipinski definition) is 6. The third-order valence-electron chi connectivity index (χ3n) is 8.47. The molecule has 2 amide bonds. The third-order valence-corrected chi connectivity index (χ3v) is 8.47. The van der Waals surface area contributed by atoms with E-state index in [1.165, 1.54) is 17.7 Å². The van der Waals surface area contributed by atoms with Gasteiger partial charge >= 0.3 is 0 Å². The Labute approximate surface area is 240 Å². The van der Waals surface area contributed by atoms with E-state index in [1.807, 2.05) is 37.3 Å². The molecule has 2 bridgehead atoms. The monoisotopic (exact) mass is 579 g/mol. The fourth-order valence-electron chi connectivity index (χ4n) is 6.23. The van der Waals surface area contributed by atoms with Crippen LogP contribution in [0.1, 0.15) is 63.3 Å². The lowest BCUT2D eigenvalue weighted by Gasteiger charge is -2.42. The number of amides is 2. The molecule has 1 aromatic heterocycles. The number of aromatic hydroxyl groups is 1. The molecule has 0 unspecified atom stereocenters. The van der Waals surface area contributed by atoms with E-state index >= 15 is 0 Å². The van der Waals surface area contributed by atoms with Crippen LogP contribution >= 0.6 is 0 Å². The quantitative estimate of drug-likeness (QED) is 0.478. The van der Waals surface area contributed by atoms with Crippen molar-refractivity contribution in [3.05, 3.63) is 98.5 Å². The average molecular weight is 580 g/mol. The van der Waals surface area contributed by atoms with E-state index in [-0.39, 0.29) is 29.9 Å². The zero-order valence-corrected chi connectivity index (χ0v) is 23.2. The first-order valence-corrected chi connectivity index (χ1v) is 14.0. The third kappa shape index (κ3) is 4.76. The Morgan fingerprint density at radius 2 is 1.88 bits per heavy atom. The van der Waals surface area contributed by atoms with Crippen molar-refractivity contribution in [1.29, 1.82) is 0 Å². The molecule has 42 heavy (non-hydrogen) atoms. The van der Waals surface area contributed by atoms with Crippen molar-refractivity contribution < 1.29 is 33.0 Å². The minimum absolute atomic E-state index is 0.175. The second-order valence-electron chi connectivity index (χ2n) is 11.3. The predicted octanol–water partition coefficient (Wildman–Crippen LogP) is 3.60. The van der Waals surface area contributed by atoms with Gasteiger partial charge in [-0.3, -0.25) is 14.4 Å². The Morgan fingerprint density at radius 1 is 1.17 bits per heavy atom. The number of hydrogen-bond donors (Lipinski definition) is 2. The molecule has 2 fully saturated rings. The van der Waals surface area contributed by atoms with Gasteiger partial charge in [0.1, 0.15) is 23.2 Å². The molecule has 0 saturated carbocycles. The van der Waals surface area contributed by atoms with Crippen molar-refractivity contribution in [2.45, 2.75) is 63.6 Å². The summed E-state index contributed by atoms with van der Waals surface area (Å²) in [4.78, 5) is 41.4. The standard InChI is InChI=1S/C31H31F2N3O6/c1-17-10-23(32)21(24(33)11-17)13-34-29(39)22-14-36-25-15-35(30(40)26(36)28(38)27(22)37)18(2)8-9-31(25)41-16-20(42-31)12-19-6-4-3-5-7-19/h3-7,10-11,14,18,20,25,38H,8-9,12-13,15-16H2,1-2H3,(H,34,39)/t18-,20+,25+,31-/m0/s1. The minimum Gasteiger partial charge on any atom is -0.503 e. The lowest BCUT2D eigenvalue weighted by molar-refractivity contribution is -0.202. The Hall–Kier alpha value is -4.09. The Kier molecular flexibility index (Phi) is 7.10. The van der Waals surface area contributed by atoms with E-state index < -0.39 is 58.6 Å². The van der Waals surface area contributed by atoms with Gasteiger partial charge in [-0.1, -0.05) is 30.3 Å². The molecule has 3 aliphatic heterocycles. The van der Waals surface area contributed by atoms with Crippen LogP contribution in [0.5, 0.6) is 5.75 Å². The number of carbonyl (C=O) groups is 2. The number of ether oxygens (including phenoxy) is 2.